The quantitative estimate of drug-likeness (QED) is 0.644. The number of nitrogens with one attached hydrogen (secondary N) is 1. The Balaban J connectivity index is 2.21. The minimum Gasteiger partial charge on any atom is -0.271 e. The normalized spacial score (nSPS) is 24.5. The third kappa shape index (κ3) is 3.25. The van der Waals surface area contributed by atoms with Crippen molar-refractivity contribution >= 4 is 21.2 Å². The Labute approximate surface area is 111 Å². The van der Waals surface area contributed by atoms with Crippen molar-refractivity contribution in [3.05, 3.63) is 16.1 Å². The van der Waals surface area contributed by atoms with Crippen LogP contribution in [0.5, 0.6) is 0 Å². The summed E-state index contributed by atoms with van der Waals surface area (Å²) in [5, 5.41) is -0.955. The van der Waals surface area contributed by atoms with Gasteiger partial charge in [-0.05, 0) is 12.3 Å². The number of rotatable bonds is 3. The van der Waals surface area contributed by atoms with Gasteiger partial charge in [-0.25, -0.2) is 13.4 Å². The van der Waals surface area contributed by atoms with Crippen LogP contribution in [-0.4, -0.2) is 24.9 Å². The fraction of sp³-hybridized carbons (Fsp3) is 0.667. The lowest BCUT2D eigenvalue weighted by Crippen LogP contribution is -2.33. The Hall–Kier alpha value is -0.710. The first-order valence-corrected chi connectivity index (χ1v) is 8.06. The lowest BCUT2D eigenvalue weighted by molar-refractivity contribution is -0.137. The van der Waals surface area contributed by atoms with Crippen molar-refractivity contribution in [2.45, 2.75) is 18.6 Å². The highest BCUT2D eigenvalue weighted by molar-refractivity contribution is 7.91. The molecule has 2 atom stereocenters. The molecule has 1 saturated heterocycles. The molecule has 5 nitrogen and oxygen atoms in total. The van der Waals surface area contributed by atoms with E-state index in [1.54, 1.807) is 0 Å². The molecule has 10 heteroatoms. The zero-order valence-electron chi connectivity index (χ0n) is 9.64. The summed E-state index contributed by atoms with van der Waals surface area (Å²) in [4.78, 5) is 3.62. The standard InChI is InChI=1S/C9H12F3N3O2S2/c10-9(11,12)8-14-3-6(18-8)7(15-13)5-1-2-19(16,17)4-5/h3,5,7,15H,1-2,4,13H2. The number of nitrogens with zero attached hydrogens (tertiary/aromatic N) is 1. The molecule has 0 aromatic carbocycles. The zero-order chi connectivity index (χ0) is 14.3. The average molecular weight is 315 g/mol. The highest BCUT2D eigenvalue weighted by atomic mass is 32.2. The summed E-state index contributed by atoms with van der Waals surface area (Å²) in [5.74, 6) is 5.00. The fourth-order valence-electron chi connectivity index (χ4n) is 2.10. The van der Waals surface area contributed by atoms with E-state index in [1.807, 2.05) is 0 Å². The van der Waals surface area contributed by atoms with Crippen molar-refractivity contribution in [3.63, 3.8) is 0 Å². The van der Waals surface area contributed by atoms with Crippen LogP contribution in [0.1, 0.15) is 22.3 Å². The van der Waals surface area contributed by atoms with Gasteiger partial charge in [-0.1, -0.05) is 0 Å². The Morgan fingerprint density at radius 3 is 2.63 bits per heavy atom. The van der Waals surface area contributed by atoms with Gasteiger partial charge in [0.1, 0.15) is 0 Å². The predicted molar refractivity (Wildman–Crippen MR) is 63.9 cm³/mol. The number of hydrazine groups is 1. The van der Waals surface area contributed by atoms with Gasteiger partial charge in [0, 0.05) is 11.1 Å². The molecule has 2 unspecified atom stereocenters. The van der Waals surface area contributed by atoms with Crippen LogP contribution in [0.2, 0.25) is 0 Å². The van der Waals surface area contributed by atoms with Gasteiger partial charge in [-0.15, -0.1) is 11.3 Å². The second-order valence-electron chi connectivity index (χ2n) is 4.37. The van der Waals surface area contributed by atoms with E-state index in [4.69, 9.17) is 5.84 Å². The molecule has 1 aromatic heterocycles. The van der Waals surface area contributed by atoms with Crippen LogP contribution in [-0.2, 0) is 16.0 Å². The van der Waals surface area contributed by atoms with Crippen LogP contribution in [0.15, 0.2) is 6.20 Å². The smallest absolute Gasteiger partial charge is 0.271 e. The number of halogens is 3. The first-order chi connectivity index (χ1) is 8.73. The van der Waals surface area contributed by atoms with Crippen molar-refractivity contribution in [2.75, 3.05) is 11.5 Å². The van der Waals surface area contributed by atoms with Crippen LogP contribution < -0.4 is 11.3 Å². The van der Waals surface area contributed by atoms with Gasteiger partial charge in [0.05, 0.1) is 17.5 Å². The Morgan fingerprint density at radius 1 is 1.53 bits per heavy atom. The number of hydrogen-bond acceptors (Lipinski definition) is 6. The van der Waals surface area contributed by atoms with E-state index < -0.39 is 27.1 Å². The molecular weight excluding hydrogens is 303 g/mol. The van der Waals surface area contributed by atoms with Gasteiger partial charge in [-0.2, -0.15) is 13.2 Å². The van der Waals surface area contributed by atoms with Crippen molar-refractivity contribution in [2.24, 2.45) is 11.8 Å². The van der Waals surface area contributed by atoms with Crippen molar-refractivity contribution in [3.8, 4) is 0 Å². The molecule has 0 saturated carbocycles. The summed E-state index contributed by atoms with van der Waals surface area (Å²) < 4.78 is 60.2. The monoisotopic (exact) mass is 315 g/mol. The van der Waals surface area contributed by atoms with Gasteiger partial charge in [0.2, 0.25) is 0 Å². The van der Waals surface area contributed by atoms with Gasteiger partial charge in [-0.3, -0.25) is 11.3 Å². The zero-order valence-corrected chi connectivity index (χ0v) is 11.3. The summed E-state index contributed by atoms with van der Waals surface area (Å²) >= 11 is 0.486. The van der Waals surface area contributed by atoms with E-state index in [1.165, 1.54) is 0 Å². The van der Waals surface area contributed by atoms with E-state index in [-0.39, 0.29) is 17.4 Å². The highest BCUT2D eigenvalue weighted by Crippen LogP contribution is 2.38. The van der Waals surface area contributed by atoms with E-state index in [2.05, 4.69) is 10.4 Å². The van der Waals surface area contributed by atoms with Crippen LogP contribution in [0.25, 0.3) is 0 Å². The van der Waals surface area contributed by atoms with Crippen molar-refractivity contribution in [1.82, 2.24) is 10.4 Å². The van der Waals surface area contributed by atoms with Crippen LogP contribution in [0.4, 0.5) is 13.2 Å². The first kappa shape index (κ1) is 14.7. The molecule has 1 aliphatic rings. The second-order valence-corrected chi connectivity index (χ2v) is 7.66. The van der Waals surface area contributed by atoms with E-state index in [9.17, 15) is 21.6 Å². The molecule has 1 fully saturated rings. The highest BCUT2D eigenvalue weighted by Gasteiger charge is 2.38. The Morgan fingerprint density at radius 2 is 2.21 bits per heavy atom. The van der Waals surface area contributed by atoms with E-state index >= 15 is 0 Å². The fourth-order valence-corrected chi connectivity index (χ4v) is 4.88. The Bertz CT molecular complexity index is 555. The molecule has 0 radical (unpaired) electrons. The molecule has 1 aliphatic heterocycles. The van der Waals surface area contributed by atoms with E-state index in [0.29, 0.717) is 22.6 Å². The molecular formula is C9H12F3N3O2S2. The van der Waals surface area contributed by atoms with Gasteiger partial charge in [0.25, 0.3) is 0 Å². The molecule has 0 bridgehead atoms. The predicted octanol–water partition coefficient (Wildman–Crippen LogP) is 1.10. The third-order valence-electron chi connectivity index (χ3n) is 2.99. The van der Waals surface area contributed by atoms with Gasteiger partial charge < -0.3 is 0 Å². The lowest BCUT2D eigenvalue weighted by Gasteiger charge is -2.19. The summed E-state index contributed by atoms with van der Waals surface area (Å²) in [5.41, 5.74) is 2.40. The minimum absolute atomic E-state index is 0.0424. The summed E-state index contributed by atoms with van der Waals surface area (Å²) in [6, 6.07) is -0.620. The minimum atomic E-state index is -4.50. The molecule has 0 amide bonds. The molecule has 1 aromatic rings. The number of aromatic nitrogens is 1. The number of hydrogen-bond donors (Lipinski definition) is 2. The van der Waals surface area contributed by atoms with Crippen molar-refractivity contribution in [1.29, 1.82) is 0 Å². The first-order valence-electron chi connectivity index (χ1n) is 5.42. The third-order valence-corrected chi connectivity index (χ3v) is 5.91. The molecule has 2 heterocycles. The van der Waals surface area contributed by atoms with Gasteiger partial charge >= 0.3 is 6.18 Å². The molecule has 0 aliphatic carbocycles. The second kappa shape index (κ2) is 5.00. The number of thiazole rings is 1. The number of sulfone groups is 1. The number of nitrogens with two attached hydrogens (primary N) is 1. The maximum Gasteiger partial charge on any atom is 0.443 e. The maximum atomic E-state index is 12.5. The summed E-state index contributed by atoms with van der Waals surface area (Å²) in [7, 11) is -3.11. The summed E-state index contributed by atoms with van der Waals surface area (Å²) in [6.07, 6.45) is -3.01. The van der Waals surface area contributed by atoms with Gasteiger partial charge in [0.15, 0.2) is 14.8 Å². The van der Waals surface area contributed by atoms with Crippen LogP contribution >= 0.6 is 11.3 Å². The topological polar surface area (TPSA) is 85.1 Å². The molecule has 19 heavy (non-hydrogen) atoms. The van der Waals surface area contributed by atoms with Crippen molar-refractivity contribution < 1.29 is 21.6 Å². The molecule has 0 spiro atoms. The Kier molecular flexibility index (Phi) is 3.87. The number of alkyl halides is 3. The average Bonchev–Trinajstić information content (AvgIpc) is 2.86. The lowest BCUT2D eigenvalue weighted by atomic mass is 9.99. The van der Waals surface area contributed by atoms with Crippen LogP contribution in [0.3, 0.4) is 0 Å². The van der Waals surface area contributed by atoms with E-state index in [0.717, 1.165) is 6.20 Å². The maximum absolute atomic E-state index is 12.5. The molecule has 108 valence electrons. The van der Waals surface area contributed by atoms with Crippen LogP contribution in [0, 0.1) is 5.92 Å². The largest absolute Gasteiger partial charge is 0.443 e. The summed E-state index contributed by atoms with van der Waals surface area (Å²) in [6.45, 7) is 0. The molecule has 3 N–H and O–H groups in total. The molecule has 2 rings (SSSR count). The SMILES string of the molecule is NNC(c1cnc(C(F)(F)F)s1)C1CCS(=O)(=O)C1.